The van der Waals surface area contributed by atoms with Crippen molar-refractivity contribution in [3.05, 3.63) is 35.7 Å². The molecule has 0 spiro atoms. The zero-order chi connectivity index (χ0) is 10.6. The van der Waals surface area contributed by atoms with Crippen molar-refractivity contribution in [2.24, 2.45) is 4.99 Å². The Balaban J connectivity index is 0.00000196. The quantitative estimate of drug-likeness (QED) is 0.407. The summed E-state index contributed by atoms with van der Waals surface area (Å²) in [6, 6.07) is 9.02. The van der Waals surface area contributed by atoms with Gasteiger partial charge in [0.15, 0.2) is 0 Å². The molecule has 0 bridgehead atoms. The maximum absolute atomic E-state index is 11.2. The fraction of sp³-hybridized carbons (Fsp3) is 0.364. The zero-order valence-electron chi connectivity index (χ0n) is 9.65. The molecule has 0 saturated heterocycles. The zero-order valence-corrected chi connectivity index (χ0v) is 9.65. The van der Waals surface area contributed by atoms with Crippen molar-refractivity contribution in [3.8, 4) is 0 Å². The van der Waals surface area contributed by atoms with E-state index in [0.29, 0.717) is 5.36 Å². The van der Waals surface area contributed by atoms with Crippen LogP contribution >= 0.6 is 0 Å². The SMILES string of the molecule is CC(C)(C)OC(=O)N=c1cccc[cH-]1.[Li+]. The fourth-order valence-corrected chi connectivity index (χ4v) is 0.893. The first-order chi connectivity index (χ1) is 6.47. The summed E-state index contributed by atoms with van der Waals surface area (Å²) in [5.74, 6) is 0. The van der Waals surface area contributed by atoms with Gasteiger partial charge in [0.25, 0.3) is 0 Å². The van der Waals surface area contributed by atoms with Crippen LogP contribution in [-0.4, -0.2) is 11.7 Å². The molecule has 4 heteroatoms. The van der Waals surface area contributed by atoms with E-state index in [2.05, 4.69) is 4.99 Å². The van der Waals surface area contributed by atoms with Gasteiger partial charge in [-0.15, -0.1) is 12.1 Å². The second-order valence-electron chi connectivity index (χ2n) is 3.93. The Labute approximate surface area is 102 Å². The molecule has 0 aliphatic carbocycles. The van der Waals surface area contributed by atoms with E-state index >= 15 is 0 Å². The first-order valence-corrected chi connectivity index (χ1v) is 4.47. The topological polar surface area (TPSA) is 38.7 Å². The number of ether oxygens (including phenoxy) is 1. The molecule has 1 aromatic carbocycles. The van der Waals surface area contributed by atoms with Gasteiger partial charge in [0, 0.05) is 0 Å². The van der Waals surface area contributed by atoms with Crippen LogP contribution in [0.1, 0.15) is 20.8 Å². The average Bonchev–Trinajstić information content (AvgIpc) is 2.02. The average molecular weight is 199 g/mol. The third-order valence-corrected chi connectivity index (χ3v) is 1.37. The Kier molecular flexibility index (Phi) is 5.49. The van der Waals surface area contributed by atoms with Crippen molar-refractivity contribution < 1.29 is 28.4 Å². The molecule has 76 valence electrons. The molecule has 0 heterocycles. The van der Waals surface area contributed by atoms with E-state index in [0.717, 1.165) is 0 Å². The second kappa shape index (κ2) is 5.84. The molecular formula is C11H14LiNO2. The maximum Gasteiger partial charge on any atom is 1.00 e. The summed E-state index contributed by atoms with van der Waals surface area (Å²) in [4.78, 5) is 15.0. The van der Waals surface area contributed by atoms with Gasteiger partial charge in [0.1, 0.15) is 5.60 Å². The molecule has 1 aromatic rings. The number of amides is 1. The normalized spacial score (nSPS) is 10.1. The molecule has 0 fully saturated rings. The van der Waals surface area contributed by atoms with Gasteiger partial charge in [-0.3, -0.25) is 0 Å². The number of benzene rings is 1. The number of nitrogens with zero attached hydrogens (tertiary/aromatic N) is 1. The smallest absolute Gasteiger partial charge is 0.442 e. The van der Waals surface area contributed by atoms with Gasteiger partial charge in [0.2, 0.25) is 0 Å². The Bertz CT molecular complexity index is 359. The summed E-state index contributed by atoms with van der Waals surface area (Å²) in [5.41, 5.74) is -0.491. The molecule has 1 rings (SSSR count). The molecule has 0 aliphatic heterocycles. The number of carbonyl (C=O) groups excluding carboxylic acids is 1. The largest absolute Gasteiger partial charge is 1.00 e. The molecule has 0 N–H and O–H groups in total. The van der Waals surface area contributed by atoms with E-state index in [1.54, 1.807) is 12.1 Å². The first-order valence-electron chi connectivity index (χ1n) is 4.47. The van der Waals surface area contributed by atoms with Crippen LogP contribution in [0.25, 0.3) is 0 Å². The molecule has 0 atom stereocenters. The molecule has 15 heavy (non-hydrogen) atoms. The van der Waals surface area contributed by atoms with Crippen LogP contribution in [0.4, 0.5) is 4.79 Å². The number of rotatable bonds is 0. The van der Waals surface area contributed by atoms with Gasteiger partial charge in [-0.25, -0.2) is 9.79 Å². The predicted molar refractivity (Wildman–Crippen MR) is 53.8 cm³/mol. The Hall–Kier alpha value is -0.913. The molecule has 0 saturated carbocycles. The number of carbonyl (C=O) groups is 1. The van der Waals surface area contributed by atoms with Crippen molar-refractivity contribution in [2.45, 2.75) is 26.4 Å². The van der Waals surface area contributed by atoms with Crippen molar-refractivity contribution in [3.63, 3.8) is 0 Å². The second-order valence-corrected chi connectivity index (χ2v) is 3.93. The van der Waals surface area contributed by atoms with Crippen molar-refractivity contribution in [2.75, 3.05) is 0 Å². The Morgan fingerprint density at radius 2 is 2.07 bits per heavy atom. The molecule has 0 radical (unpaired) electrons. The standard InChI is InChI=1S/C11H14NO2.Li/c1-11(2,3)14-10(13)12-9-7-5-4-6-8-9;/h4-8H,1-3H3;/q-1;+1. The molecule has 0 aromatic heterocycles. The van der Waals surface area contributed by atoms with E-state index in [4.69, 9.17) is 4.74 Å². The molecule has 1 amide bonds. The van der Waals surface area contributed by atoms with Gasteiger partial charge in [-0.05, 0) is 26.1 Å². The third-order valence-electron chi connectivity index (χ3n) is 1.37. The maximum atomic E-state index is 11.2. The first kappa shape index (κ1) is 14.1. The van der Waals surface area contributed by atoms with Gasteiger partial charge < -0.3 is 4.74 Å². The van der Waals surface area contributed by atoms with E-state index in [-0.39, 0.29) is 18.9 Å². The summed E-state index contributed by atoms with van der Waals surface area (Å²) in [5, 5.41) is 0.613. The number of para-hydroxylation sites is 1. The molecular weight excluding hydrogens is 185 g/mol. The predicted octanol–water partition coefficient (Wildman–Crippen LogP) is -0.755. The van der Waals surface area contributed by atoms with Crippen LogP contribution in [0.2, 0.25) is 0 Å². The van der Waals surface area contributed by atoms with Crippen LogP contribution in [0.3, 0.4) is 0 Å². The molecule has 0 aliphatic rings. The minimum atomic E-state index is -0.552. The van der Waals surface area contributed by atoms with E-state index < -0.39 is 11.7 Å². The van der Waals surface area contributed by atoms with Crippen molar-refractivity contribution in [1.82, 2.24) is 0 Å². The van der Waals surface area contributed by atoms with Crippen LogP contribution in [0.5, 0.6) is 0 Å². The van der Waals surface area contributed by atoms with Gasteiger partial charge in [-0.1, -0.05) is 0 Å². The molecule has 3 nitrogen and oxygen atoms in total. The summed E-state index contributed by atoms with van der Waals surface area (Å²) in [6.07, 6.45) is -0.552. The fourth-order valence-electron chi connectivity index (χ4n) is 0.893. The minimum absolute atomic E-state index is 0. The van der Waals surface area contributed by atoms with Crippen LogP contribution in [-0.2, 0) is 4.74 Å². The van der Waals surface area contributed by atoms with Crippen LogP contribution in [0, 0.1) is 0 Å². The summed E-state index contributed by atoms with van der Waals surface area (Å²) >= 11 is 0. The Morgan fingerprint density at radius 3 is 2.53 bits per heavy atom. The van der Waals surface area contributed by atoms with E-state index in [1.807, 2.05) is 39.0 Å². The van der Waals surface area contributed by atoms with E-state index in [9.17, 15) is 4.79 Å². The van der Waals surface area contributed by atoms with Gasteiger partial charge in [-0.2, -0.15) is 18.2 Å². The molecule has 0 unspecified atom stereocenters. The summed E-state index contributed by atoms with van der Waals surface area (Å²) < 4.78 is 5.04. The van der Waals surface area contributed by atoms with E-state index in [1.165, 1.54) is 0 Å². The minimum Gasteiger partial charge on any atom is -0.442 e. The summed E-state index contributed by atoms with van der Waals surface area (Å²) in [7, 11) is 0. The van der Waals surface area contributed by atoms with Crippen molar-refractivity contribution in [1.29, 1.82) is 0 Å². The third kappa shape index (κ3) is 6.22. The van der Waals surface area contributed by atoms with Crippen LogP contribution in [0.15, 0.2) is 35.3 Å². The number of hydrogen-bond donors (Lipinski definition) is 0. The van der Waals surface area contributed by atoms with Gasteiger partial charge >= 0.3 is 25.0 Å². The monoisotopic (exact) mass is 199 g/mol. The van der Waals surface area contributed by atoms with Gasteiger partial charge in [0.05, 0.1) is 0 Å². The summed E-state index contributed by atoms with van der Waals surface area (Å²) in [6.45, 7) is 5.43. The number of hydrogen-bond acceptors (Lipinski definition) is 2. The van der Waals surface area contributed by atoms with Crippen molar-refractivity contribution >= 4 is 6.09 Å². The van der Waals surface area contributed by atoms with Crippen LogP contribution < -0.4 is 24.2 Å². The Morgan fingerprint density at radius 1 is 1.40 bits per heavy atom.